The molecule has 3 heterocycles. The Morgan fingerprint density at radius 3 is 2.71 bits per heavy atom. The Hall–Kier alpha value is -2.73. The highest BCUT2D eigenvalue weighted by atomic mass is 16.2. The van der Waals surface area contributed by atoms with Gasteiger partial charge in [-0.1, -0.05) is 24.3 Å². The van der Waals surface area contributed by atoms with Crippen LogP contribution < -0.4 is 0 Å². The summed E-state index contributed by atoms with van der Waals surface area (Å²) in [5.74, 6) is 0.0458. The van der Waals surface area contributed by atoms with E-state index in [1.54, 1.807) is 16.9 Å². The standard InChI is InChI=1S/C22H27N5O/c1-16-19(14-23-21-11-12-24-27(16)21)22(28)26-13-5-4-6-20(26)18-9-7-17(8-10-18)15-25(2)3/h7-12,14,20H,4-6,13,15H2,1-3H3/t20-/m0/s1. The molecule has 1 aromatic carbocycles. The lowest BCUT2D eigenvalue weighted by Crippen LogP contribution is -2.39. The molecule has 3 aromatic rings. The Kier molecular flexibility index (Phi) is 5.13. The molecule has 0 saturated carbocycles. The minimum absolute atomic E-state index is 0.0458. The summed E-state index contributed by atoms with van der Waals surface area (Å²) in [5, 5.41) is 4.30. The van der Waals surface area contributed by atoms with Crippen molar-refractivity contribution in [1.29, 1.82) is 0 Å². The number of carbonyl (C=O) groups is 1. The maximum absolute atomic E-state index is 13.4. The number of aryl methyl sites for hydroxylation is 1. The average molecular weight is 377 g/mol. The zero-order valence-electron chi connectivity index (χ0n) is 16.8. The quantitative estimate of drug-likeness (QED) is 0.699. The van der Waals surface area contributed by atoms with Crippen LogP contribution in [0.4, 0.5) is 0 Å². The van der Waals surface area contributed by atoms with Crippen LogP contribution >= 0.6 is 0 Å². The molecular formula is C22H27N5O. The zero-order valence-corrected chi connectivity index (χ0v) is 16.8. The summed E-state index contributed by atoms with van der Waals surface area (Å²) >= 11 is 0. The number of nitrogens with zero attached hydrogens (tertiary/aromatic N) is 5. The van der Waals surface area contributed by atoms with Crippen LogP contribution in [0.25, 0.3) is 5.65 Å². The SMILES string of the molecule is Cc1c(C(=O)N2CCCC[C@H]2c2ccc(CN(C)C)cc2)cnc2ccnn12. The number of amides is 1. The summed E-state index contributed by atoms with van der Waals surface area (Å²) < 4.78 is 1.74. The average Bonchev–Trinajstić information content (AvgIpc) is 3.18. The van der Waals surface area contributed by atoms with E-state index in [2.05, 4.69) is 53.3 Å². The molecule has 0 bridgehead atoms. The Morgan fingerprint density at radius 1 is 1.18 bits per heavy atom. The van der Waals surface area contributed by atoms with Gasteiger partial charge in [0.25, 0.3) is 5.91 Å². The van der Waals surface area contributed by atoms with Crippen molar-refractivity contribution in [3.05, 3.63) is 65.1 Å². The van der Waals surface area contributed by atoms with Gasteiger partial charge in [0.15, 0.2) is 5.65 Å². The molecule has 0 radical (unpaired) electrons. The molecule has 6 nitrogen and oxygen atoms in total. The molecule has 28 heavy (non-hydrogen) atoms. The van der Waals surface area contributed by atoms with Crippen LogP contribution in [0.15, 0.2) is 42.7 Å². The second-order valence-electron chi connectivity index (χ2n) is 7.85. The Morgan fingerprint density at radius 2 is 1.96 bits per heavy atom. The summed E-state index contributed by atoms with van der Waals surface area (Å²) in [7, 11) is 4.14. The van der Waals surface area contributed by atoms with Crippen molar-refractivity contribution in [2.75, 3.05) is 20.6 Å². The third-order valence-corrected chi connectivity index (χ3v) is 5.51. The molecule has 0 N–H and O–H groups in total. The summed E-state index contributed by atoms with van der Waals surface area (Å²) in [6.07, 6.45) is 6.58. The van der Waals surface area contributed by atoms with Crippen molar-refractivity contribution in [1.82, 2.24) is 24.4 Å². The second kappa shape index (κ2) is 7.72. The molecule has 2 aromatic heterocycles. The lowest BCUT2D eigenvalue weighted by molar-refractivity contribution is 0.0609. The number of hydrogen-bond acceptors (Lipinski definition) is 4. The minimum Gasteiger partial charge on any atom is -0.332 e. The van der Waals surface area contributed by atoms with E-state index in [4.69, 9.17) is 0 Å². The predicted octanol–water partition coefficient (Wildman–Crippen LogP) is 3.47. The number of hydrogen-bond donors (Lipinski definition) is 0. The van der Waals surface area contributed by atoms with Gasteiger partial charge < -0.3 is 9.80 Å². The van der Waals surface area contributed by atoms with E-state index in [1.165, 1.54) is 11.1 Å². The largest absolute Gasteiger partial charge is 0.332 e. The van der Waals surface area contributed by atoms with Gasteiger partial charge in [-0.25, -0.2) is 9.50 Å². The van der Waals surface area contributed by atoms with Gasteiger partial charge in [-0.3, -0.25) is 4.79 Å². The van der Waals surface area contributed by atoms with Crippen LogP contribution in [0.2, 0.25) is 0 Å². The highest BCUT2D eigenvalue weighted by Crippen LogP contribution is 2.32. The van der Waals surface area contributed by atoms with Crippen LogP contribution in [0.1, 0.15) is 52.5 Å². The molecule has 6 heteroatoms. The maximum Gasteiger partial charge on any atom is 0.257 e. The molecule has 0 unspecified atom stereocenters. The summed E-state index contributed by atoms with van der Waals surface area (Å²) in [4.78, 5) is 22.0. The van der Waals surface area contributed by atoms with Crippen LogP contribution in [-0.2, 0) is 6.54 Å². The number of likely N-dealkylation sites (tertiary alicyclic amines) is 1. The van der Waals surface area contributed by atoms with Gasteiger partial charge >= 0.3 is 0 Å². The van der Waals surface area contributed by atoms with E-state index in [-0.39, 0.29) is 11.9 Å². The van der Waals surface area contributed by atoms with Crippen molar-refractivity contribution in [2.45, 2.75) is 38.8 Å². The third-order valence-electron chi connectivity index (χ3n) is 5.51. The molecule has 4 rings (SSSR count). The molecule has 1 aliphatic heterocycles. The molecule has 0 aliphatic carbocycles. The maximum atomic E-state index is 13.4. The summed E-state index contributed by atoms with van der Waals surface area (Å²) in [5.41, 5.74) is 4.73. The normalized spacial score (nSPS) is 17.4. The minimum atomic E-state index is 0.0458. The van der Waals surface area contributed by atoms with Crippen LogP contribution in [0.5, 0.6) is 0 Å². The first-order valence-electron chi connectivity index (χ1n) is 9.88. The van der Waals surface area contributed by atoms with Crippen LogP contribution in [0, 0.1) is 6.92 Å². The van der Waals surface area contributed by atoms with Crippen LogP contribution in [0.3, 0.4) is 0 Å². The van der Waals surface area contributed by atoms with Gasteiger partial charge in [-0.2, -0.15) is 5.10 Å². The van der Waals surface area contributed by atoms with E-state index in [0.29, 0.717) is 5.56 Å². The molecule has 146 valence electrons. The summed E-state index contributed by atoms with van der Waals surface area (Å²) in [6, 6.07) is 10.7. The molecule has 1 fully saturated rings. The fraction of sp³-hybridized carbons (Fsp3) is 0.409. The molecular weight excluding hydrogens is 350 g/mol. The fourth-order valence-electron chi connectivity index (χ4n) is 4.09. The third kappa shape index (κ3) is 3.52. The van der Waals surface area contributed by atoms with Crippen molar-refractivity contribution in [2.24, 2.45) is 0 Å². The lowest BCUT2D eigenvalue weighted by atomic mass is 9.93. The van der Waals surface area contributed by atoms with Gasteiger partial charge in [-0.15, -0.1) is 0 Å². The smallest absolute Gasteiger partial charge is 0.257 e. The summed E-state index contributed by atoms with van der Waals surface area (Å²) in [6.45, 7) is 3.63. The van der Waals surface area contributed by atoms with Gasteiger partial charge in [0, 0.05) is 25.4 Å². The Bertz CT molecular complexity index is 976. The molecule has 1 aliphatic rings. The Balaban J connectivity index is 1.62. The Labute approximate surface area is 165 Å². The van der Waals surface area contributed by atoms with E-state index in [0.717, 1.165) is 43.7 Å². The number of benzene rings is 1. The van der Waals surface area contributed by atoms with Crippen LogP contribution in [-0.4, -0.2) is 50.9 Å². The van der Waals surface area contributed by atoms with Gasteiger partial charge in [0.2, 0.25) is 0 Å². The number of aromatic nitrogens is 3. The lowest BCUT2D eigenvalue weighted by Gasteiger charge is -2.36. The monoisotopic (exact) mass is 377 g/mol. The molecule has 0 spiro atoms. The number of fused-ring (bicyclic) bond motifs is 1. The van der Waals surface area contributed by atoms with E-state index in [1.807, 2.05) is 17.9 Å². The molecule has 1 saturated heterocycles. The van der Waals surface area contributed by atoms with Gasteiger partial charge in [0.1, 0.15) is 0 Å². The van der Waals surface area contributed by atoms with Crippen molar-refractivity contribution < 1.29 is 4.79 Å². The highest BCUT2D eigenvalue weighted by molar-refractivity contribution is 5.95. The van der Waals surface area contributed by atoms with E-state index in [9.17, 15) is 4.79 Å². The number of carbonyl (C=O) groups excluding carboxylic acids is 1. The number of rotatable bonds is 4. The first-order valence-corrected chi connectivity index (χ1v) is 9.88. The second-order valence-corrected chi connectivity index (χ2v) is 7.85. The van der Waals surface area contributed by atoms with Crippen molar-refractivity contribution in [3.8, 4) is 0 Å². The predicted molar refractivity (Wildman–Crippen MR) is 109 cm³/mol. The molecule has 1 amide bonds. The first-order chi connectivity index (χ1) is 13.5. The van der Waals surface area contributed by atoms with E-state index >= 15 is 0 Å². The highest BCUT2D eigenvalue weighted by Gasteiger charge is 2.30. The van der Waals surface area contributed by atoms with E-state index < -0.39 is 0 Å². The van der Waals surface area contributed by atoms with Crippen molar-refractivity contribution in [3.63, 3.8) is 0 Å². The van der Waals surface area contributed by atoms with Gasteiger partial charge in [-0.05, 0) is 51.4 Å². The number of piperidine rings is 1. The topological polar surface area (TPSA) is 53.7 Å². The zero-order chi connectivity index (χ0) is 19.7. The van der Waals surface area contributed by atoms with Crippen molar-refractivity contribution >= 4 is 11.6 Å². The fourth-order valence-corrected chi connectivity index (χ4v) is 4.09. The first kappa shape index (κ1) is 18.6. The van der Waals surface area contributed by atoms with Gasteiger partial charge in [0.05, 0.1) is 23.5 Å². The molecule has 1 atom stereocenters.